The van der Waals surface area contributed by atoms with Crippen molar-refractivity contribution in [1.82, 2.24) is 15.8 Å². The highest BCUT2D eigenvalue weighted by molar-refractivity contribution is 4.91. The van der Waals surface area contributed by atoms with Crippen molar-refractivity contribution < 1.29 is 0 Å². The lowest BCUT2D eigenvalue weighted by Gasteiger charge is -2.30. The molecule has 0 aromatic heterocycles. The first-order valence-corrected chi connectivity index (χ1v) is 3.99. The number of nitrogens with one attached hydrogen (secondary N) is 1. The molecule has 2 aliphatic rings. The Bertz CT molecular complexity index is 114. The maximum absolute atomic E-state index is 4.18. The van der Waals surface area contributed by atoms with Crippen molar-refractivity contribution in [2.24, 2.45) is 0 Å². The zero-order valence-electron chi connectivity index (χ0n) is 6.38. The average Bonchev–Trinajstić information content (AvgIpc) is 2.30. The summed E-state index contributed by atoms with van der Waals surface area (Å²) in [5.41, 5.74) is 4.18. The second-order valence-corrected chi connectivity index (χ2v) is 3.21. The highest BCUT2D eigenvalue weighted by Gasteiger charge is 2.31. The monoisotopic (exact) mass is 140 g/mol. The fourth-order valence-corrected chi connectivity index (χ4v) is 1.94. The van der Waals surface area contributed by atoms with Crippen molar-refractivity contribution in [3.63, 3.8) is 0 Å². The van der Waals surface area contributed by atoms with Crippen LogP contribution in [0.25, 0.3) is 0 Å². The lowest BCUT2D eigenvalue weighted by atomic mass is 10.2. The average molecular weight is 140 g/mol. The quantitative estimate of drug-likeness (QED) is 0.535. The summed E-state index contributed by atoms with van der Waals surface area (Å²) in [6.45, 7) is 2.24. The van der Waals surface area contributed by atoms with Crippen LogP contribution in [0.15, 0.2) is 0 Å². The van der Waals surface area contributed by atoms with Crippen LogP contribution in [0.3, 0.4) is 0 Å². The van der Waals surface area contributed by atoms with Gasteiger partial charge in [0, 0.05) is 32.2 Å². The Morgan fingerprint density at radius 3 is 2.40 bits per heavy atom. The summed E-state index contributed by atoms with van der Waals surface area (Å²) in [6, 6.07) is 1.45. The molecule has 2 fully saturated rings. The van der Waals surface area contributed by atoms with Crippen molar-refractivity contribution in [3.05, 3.63) is 0 Å². The zero-order chi connectivity index (χ0) is 6.97. The van der Waals surface area contributed by atoms with Crippen molar-refractivity contribution in [1.29, 1.82) is 0 Å². The summed E-state index contributed by atoms with van der Waals surface area (Å²) < 4.78 is 0. The minimum absolute atomic E-state index is 0.724. The van der Waals surface area contributed by atoms with Crippen LogP contribution in [0.5, 0.6) is 0 Å². The molecular formula is C7H14N3. The molecule has 3 heteroatoms. The van der Waals surface area contributed by atoms with Crippen molar-refractivity contribution in [2.45, 2.75) is 24.9 Å². The lowest BCUT2D eigenvalue weighted by molar-refractivity contribution is 0.140. The van der Waals surface area contributed by atoms with Gasteiger partial charge in [-0.25, -0.2) is 5.01 Å². The molecule has 0 spiro atoms. The van der Waals surface area contributed by atoms with Gasteiger partial charge in [-0.3, -0.25) is 0 Å². The van der Waals surface area contributed by atoms with E-state index in [1.165, 1.54) is 12.8 Å². The zero-order valence-corrected chi connectivity index (χ0v) is 6.38. The van der Waals surface area contributed by atoms with Gasteiger partial charge >= 0.3 is 0 Å². The summed E-state index contributed by atoms with van der Waals surface area (Å²) >= 11 is 0. The van der Waals surface area contributed by atoms with E-state index in [9.17, 15) is 0 Å². The number of rotatable bonds is 1. The molecule has 0 aromatic rings. The largest absolute Gasteiger partial charge is 0.309 e. The molecule has 0 aliphatic carbocycles. The van der Waals surface area contributed by atoms with E-state index in [0.29, 0.717) is 0 Å². The van der Waals surface area contributed by atoms with E-state index in [2.05, 4.69) is 15.8 Å². The van der Waals surface area contributed by atoms with Gasteiger partial charge in [0.2, 0.25) is 0 Å². The normalized spacial score (nSPS) is 40.5. The molecule has 0 amide bonds. The van der Waals surface area contributed by atoms with E-state index in [1.807, 2.05) is 7.05 Å². The predicted molar refractivity (Wildman–Crippen MR) is 39.6 cm³/mol. The summed E-state index contributed by atoms with van der Waals surface area (Å²) in [5, 5.41) is 5.73. The van der Waals surface area contributed by atoms with Crippen LogP contribution < -0.4 is 10.7 Å². The van der Waals surface area contributed by atoms with Gasteiger partial charge in [0.25, 0.3) is 0 Å². The van der Waals surface area contributed by atoms with Crippen LogP contribution in [0.1, 0.15) is 12.8 Å². The Morgan fingerprint density at radius 1 is 1.30 bits per heavy atom. The molecule has 3 nitrogen and oxygen atoms in total. The van der Waals surface area contributed by atoms with Gasteiger partial charge < -0.3 is 5.32 Å². The van der Waals surface area contributed by atoms with Gasteiger partial charge in [-0.05, 0) is 12.8 Å². The van der Waals surface area contributed by atoms with E-state index in [0.717, 1.165) is 25.2 Å². The predicted octanol–water partition coefficient (Wildman–Crippen LogP) is -0.428. The smallest absolute Gasteiger partial charge is 0.0302 e. The van der Waals surface area contributed by atoms with Crippen molar-refractivity contribution in [2.75, 3.05) is 20.1 Å². The molecule has 0 saturated carbocycles. The first-order chi connectivity index (χ1) is 4.88. The Morgan fingerprint density at radius 2 is 1.90 bits per heavy atom. The third kappa shape index (κ3) is 1.05. The molecule has 2 atom stereocenters. The molecule has 2 bridgehead atoms. The molecule has 1 N–H and O–H groups in total. The summed E-state index contributed by atoms with van der Waals surface area (Å²) in [7, 11) is 1.88. The second-order valence-electron chi connectivity index (χ2n) is 3.21. The van der Waals surface area contributed by atoms with Gasteiger partial charge in [0.05, 0.1) is 0 Å². The number of hydrogen-bond acceptors (Lipinski definition) is 2. The third-order valence-electron chi connectivity index (χ3n) is 2.48. The van der Waals surface area contributed by atoms with Crippen molar-refractivity contribution >= 4 is 0 Å². The molecule has 0 aromatic carbocycles. The standard InChI is InChI=1S/C7H14N3/c1-8-10-4-6-2-3-7(5-10)9-6/h6-7,9H,2-5H2,1H3. The Hall–Kier alpha value is -0.120. The molecule has 10 heavy (non-hydrogen) atoms. The van der Waals surface area contributed by atoms with Gasteiger partial charge in [-0.1, -0.05) is 0 Å². The molecule has 2 unspecified atom stereocenters. The van der Waals surface area contributed by atoms with Gasteiger partial charge in [-0.2, -0.15) is 5.43 Å². The molecule has 57 valence electrons. The summed E-state index contributed by atoms with van der Waals surface area (Å²) in [6.07, 6.45) is 2.69. The first-order valence-electron chi connectivity index (χ1n) is 3.99. The Balaban J connectivity index is 1.96. The summed E-state index contributed by atoms with van der Waals surface area (Å²) in [4.78, 5) is 0. The van der Waals surface area contributed by atoms with Gasteiger partial charge in [0.1, 0.15) is 0 Å². The van der Waals surface area contributed by atoms with Crippen LogP contribution in [-0.4, -0.2) is 37.2 Å². The minimum Gasteiger partial charge on any atom is -0.309 e. The number of fused-ring (bicyclic) bond motifs is 2. The van der Waals surface area contributed by atoms with E-state index < -0.39 is 0 Å². The van der Waals surface area contributed by atoms with E-state index in [-0.39, 0.29) is 0 Å². The van der Waals surface area contributed by atoms with Crippen LogP contribution >= 0.6 is 0 Å². The molecule has 2 rings (SSSR count). The molecule has 1 radical (unpaired) electrons. The molecular weight excluding hydrogens is 126 g/mol. The van der Waals surface area contributed by atoms with Crippen LogP contribution in [0, 0.1) is 0 Å². The fourth-order valence-electron chi connectivity index (χ4n) is 1.94. The Kier molecular flexibility index (Phi) is 1.64. The first kappa shape index (κ1) is 6.58. The second kappa shape index (κ2) is 2.49. The molecule has 2 saturated heterocycles. The third-order valence-corrected chi connectivity index (χ3v) is 2.48. The molecule has 2 aliphatic heterocycles. The minimum atomic E-state index is 0.724. The van der Waals surface area contributed by atoms with Gasteiger partial charge in [-0.15, -0.1) is 0 Å². The van der Waals surface area contributed by atoms with Gasteiger partial charge in [0.15, 0.2) is 0 Å². The highest BCUT2D eigenvalue weighted by Crippen LogP contribution is 2.18. The number of nitrogens with zero attached hydrogens (tertiary/aromatic N) is 2. The van der Waals surface area contributed by atoms with Crippen LogP contribution in [-0.2, 0) is 0 Å². The Labute approximate surface area is 61.7 Å². The van der Waals surface area contributed by atoms with E-state index in [1.54, 1.807) is 0 Å². The summed E-state index contributed by atoms with van der Waals surface area (Å²) in [5.74, 6) is 0. The van der Waals surface area contributed by atoms with Crippen LogP contribution in [0.2, 0.25) is 0 Å². The highest BCUT2D eigenvalue weighted by atomic mass is 15.5. The number of hydrogen-bond donors (Lipinski definition) is 1. The number of piperazine rings is 1. The maximum Gasteiger partial charge on any atom is 0.0302 e. The maximum atomic E-state index is 4.18. The lowest BCUT2D eigenvalue weighted by Crippen LogP contribution is -2.52. The topological polar surface area (TPSA) is 29.4 Å². The van der Waals surface area contributed by atoms with E-state index in [4.69, 9.17) is 0 Å². The fraction of sp³-hybridized carbons (Fsp3) is 1.00. The van der Waals surface area contributed by atoms with Crippen molar-refractivity contribution in [3.8, 4) is 0 Å². The van der Waals surface area contributed by atoms with E-state index >= 15 is 0 Å². The molecule has 2 heterocycles. The van der Waals surface area contributed by atoms with Crippen LogP contribution in [0.4, 0.5) is 0 Å². The SMILES string of the molecule is C[N]N1CC2CCC(C1)N2.